The number of guanidine groups is 1. The van der Waals surface area contributed by atoms with E-state index in [1.54, 1.807) is 11.3 Å². The first-order chi connectivity index (χ1) is 10.8. The topological polar surface area (TPSA) is 63.3 Å². The fourth-order valence-corrected chi connectivity index (χ4v) is 2.71. The van der Waals surface area contributed by atoms with E-state index in [4.69, 9.17) is 5.73 Å². The lowest BCUT2D eigenvalue weighted by Crippen LogP contribution is -2.22. The third-order valence-electron chi connectivity index (χ3n) is 3.05. The highest BCUT2D eigenvalue weighted by atomic mass is 32.1. The normalized spacial score (nSPS) is 11.4. The summed E-state index contributed by atoms with van der Waals surface area (Å²) < 4.78 is 0. The molecule has 0 aliphatic carbocycles. The maximum atomic E-state index is 5.89. The molecule has 22 heavy (non-hydrogen) atoms. The number of aromatic nitrogens is 1. The number of para-hydroxylation sites is 1. The summed E-state index contributed by atoms with van der Waals surface area (Å²) in [6.07, 6.45) is 0. The fourth-order valence-electron chi connectivity index (χ4n) is 1.99. The van der Waals surface area contributed by atoms with E-state index in [0.29, 0.717) is 12.5 Å². The van der Waals surface area contributed by atoms with E-state index in [9.17, 15) is 0 Å². The zero-order valence-electron chi connectivity index (χ0n) is 11.9. The van der Waals surface area contributed by atoms with Crippen LogP contribution in [-0.2, 0) is 6.54 Å². The van der Waals surface area contributed by atoms with E-state index in [-0.39, 0.29) is 0 Å². The van der Waals surface area contributed by atoms with Crippen molar-refractivity contribution in [2.75, 3.05) is 5.32 Å². The molecule has 3 aromatic rings. The Morgan fingerprint density at radius 1 is 1.05 bits per heavy atom. The van der Waals surface area contributed by atoms with Gasteiger partial charge in [0.15, 0.2) is 5.96 Å². The van der Waals surface area contributed by atoms with Gasteiger partial charge in [0.05, 0.1) is 12.2 Å². The van der Waals surface area contributed by atoms with E-state index in [0.717, 1.165) is 22.0 Å². The summed E-state index contributed by atoms with van der Waals surface area (Å²) in [6.45, 7) is 0.475. The number of anilines is 1. The summed E-state index contributed by atoms with van der Waals surface area (Å²) in [7, 11) is 0. The van der Waals surface area contributed by atoms with Crippen molar-refractivity contribution < 1.29 is 0 Å². The molecule has 1 aromatic heterocycles. The van der Waals surface area contributed by atoms with E-state index >= 15 is 0 Å². The number of nitrogens with zero attached hydrogens (tertiary/aromatic N) is 2. The van der Waals surface area contributed by atoms with Crippen LogP contribution in [0.25, 0.3) is 11.3 Å². The molecule has 0 saturated carbocycles. The predicted octanol–water partition coefficient (Wildman–Crippen LogP) is 3.74. The minimum absolute atomic E-state index is 0.391. The van der Waals surface area contributed by atoms with Crippen molar-refractivity contribution in [3.63, 3.8) is 0 Å². The molecule has 0 radical (unpaired) electrons. The van der Waals surface area contributed by atoms with Gasteiger partial charge >= 0.3 is 0 Å². The van der Waals surface area contributed by atoms with Gasteiger partial charge in [-0.25, -0.2) is 9.98 Å². The molecule has 0 amide bonds. The lowest BCUT2D eigenvalue weighted by molar-refractivity contribution is 1.03. The first-order valence-corrected chi connectivity index (χ1v) is 7.81. The Bertz CT molecular complexity index is 751. The second-order valence-corrected chi connectivity index (χ2v) is 5.63. The van der Waals surface area contributed by atoms with Crippen molar-refractivity contribution in [1.82, 2.24) is 4.98 Å². The fraction of sp³-hybridized carbons (Fsp3) is 0.0588. The van der Waals surface area contributed by atoms with Crippen LogP contribution in [0.4, 0.5) is 5.69 Å². The third-order valence-corrected chi connectivity index (χ3v) is 3.89. The van der Waals surface area contributed by atoms with E-state index in [1.165, 1.54) is 0 Å². The summed E-state index contributed by atoms with van der Waals surface area (Å²) in [4.78, 5) is 8.92. The van der Waals surface area contributed by atoms with Gasteiger partial charge in [-0.05, 0) is 12.1 Å². The monoisotopic (exact) mass is 308 g/mol. The second-order valence-electron chi connectivity index (χ2n) is 4.69. The first-order valence-electron chi connectivity index (χ1n) is 6.93. The minimum atomic E-state index is 0.391. The molecule has 110 valence electrons. The van der Waals surface area contributed by atoms with Gasteiger partial charge in [0, 0.05) is 16.6 Å². The van der Waals surface area contributed by atoms with Crippen LogP contribution in [0.3, 0.4) is 0 Å². The maximum Gasteiger partial charge on any atom is 0.193 e. The van der Waals surface area contributed by atoms with Crippen molar-refractivity contribution in [3.05, 3.63) is 71.1 Å². The SMILES string of the molecule is NC(=NCc1nc(-c2ccccc2)cs1)Nc1ccccc1. The molecule has 3 rings (SSSR count). The van der Waals surface area contributed by atoms with Crippen LogP contribution in [0, 0.1) is 0 Å². The van der Waals surface area contributed by atoms with E-state index in [1.807, 2.05) is 66.0 Å². The Morgan fingerprint density at radius 3 is 2.45 bits per heavy atom. The number of nitrogens with two attached hydrogens (primary N) is 1. The van der Waals surface area contributed by atoms with Gasteiger partial charge in [-0.3, -0.25) is 0 Å². The molecule has 0 aliphatic rings. The largest absolute Gasteiger partial charge is 0.370 e. The first kappa shape index (κ1) is 14.3. The molecule has 4 nitrogen and oxygen atoms in total. The molecule has 0 saturated heterocycles. The number of hydrogen-bond donors (Lipinski definition) is 2. The molecule has 2 aromatic carbocycles. The lowest BCUT2D eigenvalue weighted by Gasteiger charge is -2.04. The Labute approximate surface area is 133 Å². The number of nitrogens with one attached hydrogen (secondary N) is 1. The molecule has 0 unspecified atom stereocenters. The predicted molar refractivity (Wildman–Crippen MR) is 92.9 cm³/mol. The number of thiazole rings is 1. The van der Waals surface area contributed by atoms with Crippen molar-refractivity contribution >= 4 is 23.0 Å². The molecule has 0 aliphatic heterocycles. The molecular weight excluding hydrogens is 292 g/mol. The molecule has 0 atom stereocenters. The van der Waals surface area contributed by atoms with Crippen LogP contribution >= 0.6 is 11.3 Å². The summed E-state index contributed by atoms with van der Waals surface area (Å²) >= 11 is 1.59. The average molecular weight is 308 g/mol. The highest BCUT2D eigenvalue weighted by Gasteiger charge is 2.03. The van der Waals surface area contributed by atoms with Crippen molar-refractivity contribution in [2.45, 2.75) is 6.54 Å². The number of benzene rings is 2. The molecule has 3 N–H and O–H groups in total. The Balaban J connectivity index is 1.64. The Kier molecular flexibility index (Phi) is 4.46. The van der Waals surface area contributed by atoms with Crippen LogP contribution in [0.1, 0.15) is 5.01 Å². The van der Waals surface area contributed by atoms with Gasteiger partial charge in [-0.2, -0.15) is 0 Å². The number of hydrogen-bond acceptors (Lipinski definition) is 3. The van der Waals surface area contributed by atoms with E-state index < -0.39 is 0 Å². The third kappa shape index (κ3) is 3.71. The van der Waals surface area contributed by atoms with Gasteiger partial charge in [-0.15, -0.1) is 11.3 Å². The molecule has 0 bridgehead atoms. The van der Waals surface area contributed by atoms with Crippen LogP contribution in [0.5, 0.6) is 0 Å². The summed E-state index contributed by atoms with van der Waals surface area (Å²) in [5, 5.41) is 6.04. The molecule has 0 spiro atoms. The Hall–Kier alpha value is -2.66. The van der Waals surface area contributed by atoms with Gasteiger partial charge in [0.1, 0.15) is 5.01 Å². The van der Waals surface area contributed by atoms with E-state index in [2.05, 4.69) is 15.3 Å². The molecule has 0 fully saturated rings. The van der Waals surface area contributed by atoms with Gasteiger partial charge < -0.3 is 11.1 Å². The van der Waals surface area contributed by atoms with Crippen molar-refractivity contribution in [1.29, 1.82) is 0 Å². The van der Waals surface area contributed by atoms with Gasteiger partial charge in [0.2, 0.25) is 0 Å². The van der Waals surface area contributed by atoms with Crippen LogP contribution in [-0.4, -0.2) is 10.9 Å². The van der Waals surface area contributed by atoms with Gasteiger partial charge in [0.25, 0.3) is 0 Å². The summed E-state index contributed by atoms with van der Waals surface area (Å²) in [5.41, 5.74) is 8.90. The molecular formula is C17H16N4S. The highest BCUT2D eigenvalue weighted by Crippen LogP contribution is 2.21. The zero-order valence-corrected chi connectivity index (χ0v) is 12.8. The zero-order chi connectivity index (χ0) is 15.2. The lowest BCUT2D eigenvalue weighted by atomic mass is 10.2. The maximum absolute atomic E-state index is 5.89. The summed E-state index contributed by atoms with van der Waals surface area (Å²) in [5.74, 6) is 0.391. The standard InChI is InChI=1S/C17H16N4S/c18-17(20-14-9-5-2-6-10-14)19-11-16-21-15(12-22-16)13-7-3-1-4-8-13/h1-10,12H,11H2,(H3,18,19,20). The minimum Gasteiger partial charge on any atom is -0.370 e. The second kappa shape index (κ2) is 6.87. The van der Waals surface area contributed by atoms with Crippen LogP contribution in [0.15, 0.2) is 71.0 Å². The smallest absolute Gasteiger partial charge is 0.193 e. The number of aliphatic imine (C=N–C) groups is 1. The van der Waals surface area contributed by atoms with Gasteiger partial charge in [-0.1, -0.05) is 48.5 Å². The molecule has 1 heterocycles. The highest BCUT2D eigenvalue weighted by molar-refractivity contribution is 7.09. The number of rotatable bonds is 4. The quantitative estimate of drug-likeness (QED) is 0.570. The van der Waals surface area contributed by atoms with Crippen LogP contribution in [0.2, 0.25) is 0 Å². The van der Waals surface area contributed by atoms with Crippen molar-refractivity contribution in [2.24, 2.45) is 10.7 Å². The van der Waals surface area contributed by atoms with Crippen molar-refractivity contribution in [3.8, 4) is 11.3 Å². The van der Waals surface area contributed by atoms with Crippen LogP contribution < -0.4 is 11.1 Å². The average Bonchev–Trinajstić information content (AvgIpc) is 3.04. The summed E-state index contributed by atoms with van der Waals surface area (Å²) in [6, 6.07) is 19.9. The Morgan fingerprint density at radius 2 is 1.73 bits per heavy atom. The molecule has 5 heteroatoms.